The molecule has 0 fully saturated rings. The molecular formula is C13H12N2O4S2. The van der Waals surface area contributed by atoms with Crippen molar-refractivity contribution in [2.24, 2.45) is 0 Å². The van der Waals surface area contributed by atoms with E-state index in [0.717, 1.165) is 11.3 Å². The summed E-state index contributed by atoms with van der Waals surface area (Å²) in [5.74, 6) is -0.368. The molecule has 0 unspecified atom stereocenters. The lowest BCUT2D eigenvalue weighted by molar-refractivity contribution is -0.385. The number of rotatable bonds is 6. The SMILES string of the molecule is Cc1nc(SCCc2ccccc2[N+](=O)[O-])sc1C(=O)O. The quantitative estimate of drug-likeness (QED) is 0.497. The van der Waals surface area contributed by atoms with Crippen LogP contribution < -0.4 is 0 Å². The van der Waals surface area contributed by atoms with Crippen LogP contribution in [-0.2, 0) is 6.42 Å². The molecule has 0 saturated heterocycles. The zero-order valence-corrected chi connectivity index (χ0v) is 12.7. The number of nitro groups is 1. The fourth-order valence-corrected chi connectivity index (χ4v) is 3.85. The smallest absolute Gasteiger partial charge is 0.347 e. The summed E-state index contributed by atoms with van der Waals surface area (Å²) in [5, 5.41) is 19.9. The lowest BCUT2D eigenvalue weighted by Crippen LogP contribution is -1.96. The monoisotopic (exact) mass is 324 g/mol. The van der Waals surface area contributed by atoms with E-state index in [1.807, 2.05) is 0 Å². The van der Waals surface area contributed by atoms with Crippen LogP contribution in [0, 0.1) is 17.0 Å². The molecule has 1 N–H and O–H groups in total. The van der Waals surface area contributed by atoms with Crippen molar-refractivity contribution in [2.75, 3.05) is 5.75 Å². The van der Waals surface area contributed by atoms with Crippen molar-refractivity contribution < 1.29 is 14.8 Å². The van der Waals surface area contributed by atoms with Crippen LogP contribution in [-0.4, -0.2) is 26.7 Å². The number of carboxylic acids is 1. The van der Waals surface area contributed by atoms with Gasteiger partial charge in [-0.25, -0.2) is 9.78 Å². The first-order valence-corrected chi connectivity index (χ1v) is 7.85. The number of aromatic nitrogens is 1. The van der Waals surface area contributed by atoms with E-state index in [0.29, 0.717) is 27.8 Å². The third-order valence-corrected chi connectivity index (χ3v) is 5.05. The lowest BCUT2D eigenvalue weighted by Gasteiger charge is -2.01. The third kappa shape index (κ3) is 3.79. The van der Waals surface area contributed by atoms with E-state index >= 15 is 0 Å². The second-order valence-corrected chi connectivity index (χ2v) is 6.52. The van der Waals surface area contributed by atoms with Gasteiger partial charge in [-0.2, -0.15) is 0 Å². The number of nitrogens with zero attached hydrogens (tertiary/aromatic N) is 2. The highest BCUT2D eigenvalue weighted by molar-refractivity contribution is 8.01. The lowest BCUT2D eigenvalue weighted by atomic mass is 10.1. The Balaban J connectivity index is 2.00. The van der Waals surface area contributed by atoms with Crippen LogP contribution in [0.1, 0.15) is 20.9 Å². The molecule has 0 bridgehead atoms. The average molecular weight is 324 g/mol. The molecule has 6 nitrogen and oxygen atoms in total. The van der Waals surface area contributed by atoms with Crippen LogP contribution in [0.3, 0.4) is 0 Å². The van der Waals surface area contributed by atoms with Gasteiger partial charge >= 0.3 is 5.97 Å². The van der Waals surface area contributed by atoms with Crippen LogP contribution in [0.25, 0.3) is 0 Å². The normalized spacial score (nSPS) is 10.5. The van der Waals surface area contributed by atoms with Crippen molar-refractivity contribution >= 4 is 34.8 Å². The predicted molar refractivity (Wildman–Crippen MR) is 81.3 cm³/mol. The standard InChI is InChI=1S/C13H12N2O4S2/c1-8-11(12(16)17)21-13(14-8)20-7-6-9-4-2-3-5-10(9)15(18)19/h2-5H,6-7H2,1H3,(H,16,17). The van der Waals surface area contributed by atoms with Gasteiger partial charge in [-0.05, 0) is 13.3 Å². The maximum absolute atomic E-state index is 10.9. The van der Waals surface area contributed by atoms with Gasteiger partial charge in [0, 0.05) is 17.4 Å². The van der Waals surface area contributed by atoms with Crippen molar-refractivity contribution in [1.82, 2.24) is 4.98 Å². The molecule has 0 aliphatic carbocycles. The Kier molecular flexibility index (Phi) is 4.92. The number of carbonyl (C=O) groups is 1. The summed E-state index contributed by atoms with van der Waals surface area (Å²) < 4.78 is 0.670. The summed E-state index contributed by atoms with van der Waals surface area (Å²) >= 11 is 2.54. The van der Waals surface area contributed by atoms with Gasteiger partial charge < -0.3 is 5.11 Å². The minimum atomic E-state index is -0.976. The summed E-state index contributed by atoms with van der Waals surface area (Å²) in [4.78, 5) is 25.9. The number of nitro benzene ring substituents is 1. The summed E-state index contributed by atoms with van der Waals surface area (Å²) in [6.45, 7) is 1.66. The molecular weight excluding hydrogens is 312 g/mol. The molecule has 0 saturated carbocycles. The number of aromatic carboxylic acids is 1. The number of para-hydroxylation sites is 1. The van der Waals surface area contributed by atoms with E-state index in [9.17, 15) is 14.9 Å². The van der Waals surface area contributed by atoms with Gasteiger partial charge in [0.15, 0.2) is 4.34 Å². The number of aryl methyl sites for hydroxylation is 2. The van der Waals surface area contributed by atoms with Gasteiger partial charge in [0.2, 0.25) is 0 Å². The van der Waals surface area contributed by atoms with E-state index in [-0.39, 0.29) is 10.6 Å². The van der Waals surface area contributed by atoms with Crippen molar-refractivity contribution in [3.05, 3.63) is 50.5 Å². The van der Waals surface area contributed by atoms with Crippen LogP contribution in [0.5, 0.6) is 0 Å². The van der Waals surface area contributed by atoms with E-state index in [2.05, 4.69) is 4.98 Å². The van der Waals surface area contributed by atoms with Crippen molar-refractivity contribution in [3.8, 4) is 0 Å². The van der Waals surface area contributed by atoms with Crippen LogP contribution in [0.4, 0.5) is 5.69 Å². The molecule has 1 aromatic carbocycles. The van der Waals surface area contributed by atoms with Gasteiger partial charge in [0.05, 0.1) is 10.6 Å². The fraction of sp³-hybridized carbons (Fsp3) is 0.231. The Morgan fingerprint density at radius 2 is 2.19 bits per heavy atom. The maximum Gasteiger partial charge on any atom is 0.347 e. The first-order chi connectivity index (χ1) is 9.99. The highest BCUT2D eigenvalue weighted by Crippen LogP contribution is 2.28. The zero-order valence-electron chi connectivity index (χ0n) is 11.1. The van der Waals surface area contributed by atoms with Gasteiger partial charge in [0.25, 0.3) is 5.69 Å². The van der Waals surface area contributed by atoms with Crippen molar-refractivity contribution in [2.45, 2.75) is 17.7 Å². The highest BCUT2D eigenvalue weighted by Gasteiger charge is 2.15. The molecule has 0 spiro atoms. The number of benzene rings is 1. The number of hydrogen-bond acceptors (Lipinski definition) is 6. The fourth-order valence-electron chi connectivity index (χ4n) is 1.78. The van der Waals surface area contributed by atoms with E-state index in [1.165, 1.54) is 17.8 Å². The average Bonchev–Trinajstić information content (AvgIpc) is 2.80. The van der Waals surface area contributed by atoms with Crippen LogP contribution >= 0.6 is 23.1 Å². The number of thioether (sulfide) groups is 1. The molecule has 1 aromatic heterocycles. The Hall–Kier alpha value is -1.93. The third-order valence-electron chi connectivity index (χ3n) is 2.76. The van der Waals surface area contributed by atoms with Crippen LogP contribution in [0.2, 0.25) is 0 Å². The van der Waals surface area contributed by atoms with Crippen LogP contribution in [0.15, 0.2) is 28.6 Å². The van der Waals surface area contributed by atoms with Gasteiger partial charge in [-0.15, -0.1) is 11.3 Å². The second kappa shape index (κ2) is 6.68. The molecule has 1 heterocycles. The predicted octanol–water partition coefficient (Wildman–Crippen LogP) is 3.39. The molecule has 110 valence electrons. The van der Waals surface area contributed by atoms with Gasteiger partial charge in [0.1, 0.15) is 4.88 Å². The van der Waals surface area contributed by atoms with E-state index in [1.54, 1.807) is 25.1 Å². The second-order valence-electron chi connectivity index (χ2n) is 4.18. The number of carboxylic acid groups (broad SMARTS) is 1. The zero-order chi connectivity index (χ0) is 15.4. The maximum atomic E-state index is 10.9. The molecule has 0 atom stereocenters. The summed E-state index contributed by atoms with van der Waals surface area (Å²) in [6, 6.07) is 6.62. The number of hydrogen-bond donors (Lipinski definition) is 1. The molecule has 0 aliphatic heterocycles. The van der Waals surface area contributed by atoms with Crippen molar-refractivity contribution in [3.63, 3.8) is 0 Å². The molecule has 0 amide bonds. The molecule has 0 aliphatic rings. The Morgan fingerprint density at radius 3 is 2.81 bits per heavy atom. The Labute approximate surface area is 129 Å². The molecule has 2 rings (SSSR count). The topological polar surface area (TPSA) is 93.3 Å². The minimum absolute atomic E-state index is 0.111. The van der Waals surface area contributed by atoms with E-state index in [4.69, 9.17) is 5.11 Å². The summed E-state index contributed by atoms with van der Waals surface area (Å²) in [6.07, 6.45) is 0.531. The summed E-state index contributed by atoms with van der Waals surface area (Å²) in [5.41, 5.74) is 1.28. The van der Waals surface area contributed by atoms with Crippen molar-refractivity contribution in [1.29, 1.82) is 0 Å². The Morgan fingerprint density at radius 1 is 1.48 bits per heavy atom. The minimum Gasteiger partial charge on any atom is -0.477 e. The van der Waals surface area contributed by atoms with Gasteiger partial charge in [-0.3, -0.25) is 10.1 Å². The first-order valence-electron chi connectivity index (χ1n) is 6.05. The molecule has 2 aromatic rings. The largest absolute Gasteiger partial charge is 0.477 e. The first kappa shape index (κ1) is 15.5. The molecule has 0 radical (unpaired) electrons. The number of thiazole rings is 1. The summed E-state index contributed by atoms with van der Waals surface area (Å²) in [7, 11) is 0. The van der Waals surface area contributed by atoms with E-state index < -0.39 is 10.9 Å². The molecule has 21 heavy (non-hydrogen) atoms. The molecule has 8 heteroatoms. The highest BCUT2D eigenvalue weighted by atomic mass is 32.2. The Bertz CT molecular complexity index is 685. The van der Waals surface area contributed by atoms with Gasteiger partial charge in [-0.1, -0.05) is 30.0 Å².